The molecule has 0 unspecified atom stereocenters. The van der Waals surface area contributed by atoms with Crippen LogP contribution in [-0.2, 0) is 4.74 Å². The molecule has 2 N–H and O–H groups in total. The van der Waals surface area contributed by atoms with Crippen LogP contribution in [-0.4, -0.2) is 35.4 Å². The monoisotopic (exact) mass is 397 g/mol. The third-order valence-corrected chi connectivity index (χ3v) is 5.87. The molecule has 0 spiro atoms. The highest BCUT2D eigenvalue weighted by molar-refractivity contribution is 5.89. The lowest BCUT2D eigenvalue weighted by molar-refractivity contribution is 0.0184. The standard InChI is InChI=1S/C23H24FNO4/c1-13-11-19(24)22(17-9-10-25-21(13)17)29-20-8-7-16(28-2)12-18(20)14-3-5-15(6-4-14)23(26)27/h3-6,9-11,16,18,20,25H,7-8,12H2,1-2H3,(H,26,27)/t16-,18-,20+/m0/s1. The van der Waals surface area contributed by atoms with Crippen molar-refractivity contribution in [1.29, 1.82) is 0 Å². The number of hydrogen-bond acceptors (Lipinski definition) is 3. The van der Waals surface area contributed by atoms with E-state index in [1.54, 1.807) is 25.4 Å². The highest BCUT2D eigenvalue weighted by Gasteiger charge is 2.34. The number of nitrogens with one attached hydrogen (secondary N) is 1. The summed E-state index contributed by atoms with van der Waals surface area (Å²) in [4.78, 5) is 14.3. The Labute approximate surface area is 168 Å². The Bertz CT molecular complexity index is 1030. The normalized spacial score (nSPS) is 22.0. The Balaban J connectivity index is 1.68. The molecule has 5 nitrogen and oxygen atoms in total. The van der Waals surface area contributed by atoms with E-state index in [2.05, 4.69) is 4.98 Å². The van der Waals surface area contributed by atoms with Crippen LogP contribution in [0, 0.1) is 12.7 Å². The number of halogens is 1. The number of benzene rings is 2. The van der Waals surface area contributed by atoms with Crippen molar-refractivity contribution in [3.8, 4) is 5.75 Å². The number of methoxy groups -OCH3 is 1. The van der Waals surface area contributed by atoms with Gasteiger partial charge in [0.1, 0.15) is 6.10 Å². The lowest BCUT2D eigenvalue weighted by atomic mass is 9.80. The smallest absolute Gasteiger partial charge is 0.335 e. The van der Waals surface area contributed by atoms with Crippen LogP contribution in [0.5, 0.6) is 5.75 Å². The molecular weight excluding hydrogens is 373 g/mol. The van der Waals surface area contributed by atoms with Crippen LogP contribution < -0.4 is 4.74 Å². The number of carbonyl (C=O) groups is 1. The molecule has 1 heterocycles. The van der Waals surface area contributed by atoms with Crippen molar-refractivity contribution in [3.63, 3.8) is 0 Å². The topological polar surface area (TPSA) is 71.5 Å². The average Bonchev–Trinajstić information content (AvgIpc) is 3.21. The van der Waals surface area contributed by atoms with Crippen LogP contribution in [0.25, 0.3) is 10.9 Å². The second-order valence-electron chi connectivity index (χ2n) is 7.63. The fourth-order valence-electron chi connectivity index (χ4n) is 4.30. The van der Waals surface area contributed by atoms with Crippen molar-refractivity contribution in [1.82, 2.24) is 4.98 Å². The summed E-state index contributed by atoms with van der Waals surface area (Å²) in [6, 6.07) is 10.2. The van der Waals surface area contributed by atoms with Gasteiger partial charge in [0.25, 0.3) is 0 Å². The first-order chi connectivity index (χ1) is 14.0. The number of aryl methyl sites for hydroxylation is 1. The largest absolute Gasteiger partial charge is 0.486 e. The van der Waals surface area contributed by atoms with Gasteiger partial charge in [0.15, 0.2) is 11.6 Å². The van der Waals surface area contributed by atoms with E-state index >= 15 is 0 Å². The molecule has 29 heavy (non-hydrogen) atoms. The number of aromatic amines is 1. The molecular formula is C23H24FNO4. The highest BCUT2D eigenvalue weighted by Crippen LogP contribution is 2.40. The number of aromatic carboxylic acids is 1. The van der Waals surface area contributed by atoms with E-state index in [1.807, 2.05) is 25.1 Å². The van der Waals surface area contributed by atoms with Crippen LogP contribution in [0.15, 0.2) is 42.6 Å². The molecule has 0 aliphatic heterocycles. The molecule has 0 bridgehead atoms. The van der Waals surface area contributed by atoms with Gasteiger partial charge in [-0.1, -0.05) is 12.1 Å². The van der Waals surface area contributed by atoms with E-state index in [0.717, 1.165) is 41.3 Å². The van der Waals surface area contributed by atoms with Gasteiger partial charge in [0.2, 0.25) is 0 Å². The Morgan fingerprint density at radius 2 is 1.97 bits per heavy atom. The molecule has 0 radical (unpaired) electrons. The lowest BCUT2D eigenvalue weighted by Gasteiger charge is -2.36. The predicted molar refractivity (Wildman–Crippen MR) is 108 cm³/mol. The van der Waals surface area contributed by atoms with Gasteiger partial charge < -0.3 is 19.6 Å². The second-order valence-corrected chi connectivity index (χ2v) is 7.63. The summed E-state index contributed by atoms with van der Waals surface area (Å²) in [5, 5.41) is 9.89. The lowest BCUT2D eigenvalue weighted by Crippen LogP contribution is -2.35. The van der Waals surface area contributed by atoms with Crippen molar-refractivity contribution in [2.24, 2.45) is 0 Å². The first-order valence-electron chi connectivity index (χ1n) is 9.76. The van der Waals surface area contributed by atoms with Crippen LogP contribution in [0.2, 0.25) is 0 Å². The van der Waals surface area contributed by atoms with Crippen LogP contribution >= 0.6 is 0 Å². The number of aromatic nitrogens is 1. The molecule has 1 aliphatic rings. The SMILES string of the molecule is CO[C@H]1CC[C@@H](Oc2c(F)cc(C)c3[nH]ccc23)[C@H](c2ccc(C(=O)O)cc2)C1. The molecule has 152 valence electrons. The van der Waals surface area contributed by atoms with E-state index in [1.165, 1.54) is 6.07 Å². The summed E-state index contributed by atoms with van der Waals surface area (Å²) < 4.78 is 26.7. The minimum Gasteiger partial charge on any atom is -0.486 e. The second kappa shape index (κ2) is 7.87. The fourth-order valence-corrected chi connectivity index (χ4v) is 4.30. The maximum atomic E-state index is 14.8. The Kier molecular flexibility index (Phi) is 5.28. The average molecular weight is 397 g/mol. The Morgan fingerprint density at radius 3 is 2.66 bits per heavy atom. The first-order valence-corrected chi connectivity index (χ1v) is 9.76. The van der Waals surface area contributed by atoms with Gasteiger partial charge in [-0.3, -0.25) is 0 Å². The number of H-pyrrole nitrogens is 1. The summed E-state index contributed by atoms with van der Waals surface area (Å²) in [5.74, 6) is -1.09. The van der Waals surface area contributed by atoms with E-state index in [9.17, 15) is 9.18 Å². The van der Waals surface area contributed by atoms with Gasteiger partial charge in [-0.15, -0.1) is 0 Å². The zero-order valence-corrected chi connectivity index (χ0v) is 16.4. The molecule has 1 saturated carbocycles. The van der Waals surface area contributed by atoms with Crippen LogP contribution in [0.3, 0.4) is 0 Å². The van der Waals surface area contributed by atoms with Gasteiger partial charge in [0.05, 0.1) is 17.2 Å². The predicted octanol–water partition coefficient (Wildman–Crippen LogP) is 5.04. The zero-order chi connectivity index (χ0) is 20.5. The number of fused-ring (bicyclic) bond motifs is 1. The first kappa shape index (κ1) is 19.5. The van der Waals surface area contributed by atoms with Gasteiger partial charge in [-0.2, -0.15) is 0 Å². The van der Waals surface area contributed by atoms with Crippen molar-refractivity contribution in [2.45, 2.75) is 44.3 Å². The molecule has 1 aliphatic carbocycles. The molecule has 1 aromatic heterocycles. The molecule has 0 amide bonds. The van der Waals surface area contributed by atoms with E-state index in [4.69, 9.17) is 14.6 Å². The van der Waals surface area contributed by atoms with Crippen molar-refractivity contribution in [2.75, 3.05) is 7.11 Å². The van der Waals surface area contributed by atoms with Crippen molar-refractivity contribution >= 4 is 16.9 Å². The fraction of sp³-hybridized carbons (Fsp3) is 0.348. The molecule has 4 rings (SSSR count). The third-order valence-electron chi connectivity index (χ3n) is 5.87. The zero-order valence-electron chi connectivity index (χ0n) is 16.4. The number of carboxylic acid groups (broad SMARTS) is 1. The molecule has 0 saturated heterocycles. The van der Waals surface area contributed by atoms with Crippen LogP contribution in [0.4, 0.5) is 4.39 Å². The summed E-state index contributed by atoms with van der Waals surface area (Å²) in [6.07, 6.45) is 3.93. The third kappa shape index (κ3) is 3.72. The summed E-state index contributed by atoms with van der Waals surface area (Å²) >= 11 is 0. The van der Waals surface area contributed by atoms with E-state index in [0.29, 0.717) is 0 Å². The van der Waals surface area contributed by atoms with Crippen LogP contribution in [0.1, 0.15) is 46.7 Å². The van der Waals surface area contributed by atoms with Gasteiger partial charge in [-0.25, -0.2) is 9.18 Å². The molecule has 1 fully saturated rings. The Hall–Kier alpha value is -2.86. The molecule has 3 atom stereocenters. The van der Waals surface area contributed by atoms with Gasteiger partial charge in [-0.05, 0) is 61.6 Å². The summed E-state index contributed by atoms with van der Waals surface area (Å²) in [6.45, 7) is 1.86. The minimum absolute atomic E-state index is 0.0220. The molecule has 6 heteroatoms. The quantitative estimate of drug-likeness (QED) is 0.632. The van der Waals surface area contributed by atoms with Gasteiger partial charge >= 0.3 is 5.97 Å². The highest BCUT2D eigenvalue weighted by atomic mass is 19.1. The maximum Gasteiger partial charge on any atom is 0.335 e. The Morgan fingerprint density at radius 1 is 1.21 bits per heavy atom. The summed E-state index contributed by atoms with van der Waals surface area (Å²) in [5.41, 5.74) is 2.91. The van der Waals surface area contributed by atoms with Gasteiger partial charge in [0, 0.05) is 24.6 Å². The molecule has 3 aromatic rings. The van der Waals surface area contributed by atoms with E-state index < -0.39 is 5.97 Å². The van der Waals surface area contributed by atoms with E-state index in [-0.39, 0.29) is 35.3 Å². The molecule has 2 aromatic carbocycles. The maximum absolute atomic E-state index is 14.8. The number of hydrogen-bond donors (Lipinski definition) is 2. The number of rotatable bonds is 5. The van der Waals surface area contributed by atoms with Crippen molar-refractivity contribution < 1.29 is 23.8 Å². The summed E-state index contributed by atoms with van der Waals surface area (Å²) in [7, 11) is 1.69. The number of ether oxygens (including phenoxy) is 2. The number of carboxylic acids is 1. The van der Waals surface area contributed by atoms with Crippen molar-refractivity contribution in [3.05, 3.63) is 65.1 Å². The minimum atomic E-state index is -0.959.